The number of nitrogens with zero attached hydrogens (tertiary/aromatic N) is 4. The van der Waals surface area contributed by atoms with E-state index in [0.717, 1.165) is 12.8 Å². The molecule has 2 heterocycles. The third-order valence-corrected chi connectivity index (χ3v) is 5.95. The van der Waals surface area contributed by atoms with E-state index in [1.54, 1.807) is 0 Å². The Balaban J connectivity index is 2.13. The summed E-state index contributed by atoms with van der Waals surface area (Å²) in [6.45, 7) is 7.17. The maximum Gasteiger partial charge on any atom is 0.232 e. The second-order valence-corrected chi connectivity index (χ2v) is 6.77. The van der Waals surface area contributed by atoms with E-state index in [-0.39, 0.29) is 10.9 Å². The van der Waals surface area contributed by atoms with Crippen molar-refractivity contribution in [2.45, 2.75) is 22.3 Å². The van der Waals surface area contributed by atoms with Crippen LogP contribution in [0.5, 0.6) is 0 Å². The largest absolute Gasteiger partial charge is 0.406 e. The van der Waals surface area contributed by atoms with Crippen LogP contribution < -0.4 is 5.73 Å². The molecule has 0 amide bonds. The van der Waals surface area contributed by atoms with Crippen molar-refractivity contribution in [2.24, 2.45) is 0 Å². The van der Waals surface area contributed by atoms with Crippen molar-refractivity contribution in [3.63, 3.8) is 0 Å². The topological polar surface area (TPSA) is 102 Å². The molecule has 2 aromatic heterocycles. The SMILES string of the molecule is [C-]#[N+]c1c(-c2nn[nH]n2)sc(S(=O)C2CC2)c1N. The van der Waals surface area contributed by atoms with Gasteiger partial charge in [-0.2, -0.15) is 5.21 Å². The molecule has 1 fully saturated rings. The molecule has 0 aromatic carbocycles. The Bertz CT molecular complexity index is 651. The summed E-state index contributed by atoms with van der Waals surface area (Å²) in [6, 6.07) is 0. The summed E-state index contributed by atoms with van der Waals surface area (Å²) in [7, 11) is -1.12. The monoisotopic (exact) mass is 280 g/mol. The number of hydrogen-bond acceptors (Lipinski definition) is 6. The molecule has 0 bridgehead atoms. The summed E-state index contributed by atoms with van der Waals surface area (Å²) in [5, 5.41) is 13.6. The van der Waals surface area contributed by atoms with E-state index in [2.05, 4.69) is 25.5 Å². The van der Waals surface area contributed by atoms with Crippen LogP contribution in [-0.2, 0) is 10.8 Å². The van der Waals surface area contributed by atoms with Crippen molar-refractivity contribution in [2.75, 3.05) is 5.73 Å². The molecule has 2 aromatic rings. The molecule has 0 radical (unpaired) electrons. The van der Waals surface area contributed by atoms with Crippen molar-refractivity contribution < 1.29 is 4.21 Å². The molecule has 0 saturated heterocycles. The molecule has 18 heavy (non-hydrogen) atoms. The predicted octanol–water partition coefficient (Wildman–Crippen LogP) is 1.33. The van der Waals surface area contributed by atoms with Crippen molar-refractivity contribution in [1.29, 1.82) is 0 Å². The van der Waals surface area contributed by atoms with Crippen LogP contribution in [0.25, 0.3) is 15.5 Å². The van der Waals surface area contributed by atoms with Crippen LogP contribution in [0.4, 0.5) is 11.4 Å². The van der Waals surface area contributed by atoms with E-state index in [1.807, 2.05) is 0 Å². The highest BCUT2D eigenvalue weighted by atomic mass is 32.2. The van der Waals surface area contributed by atoms with Crippen molar-refractivity contribution in [3.05, 3.63) is 11.4 Å². The molecule has 9 heteroatoms. The number of aromatic amines is 1. The molecule has 1 aliphatic carbocycles. The van der Waals surface area contributed by atoms with Crippen LogP contribution >= 0.6 is 11.3 Å². The van der Waals surface area contributed by atoms with Gasteiger partial charge in [-0.25, -0.2) is 4.85 Å². The number of nitrogen functional groups attached to an aromatic ring is 1. The summed E-state index contributed by atoms with van der Waals surface area (Å²) in [5.74, 6) is 0.316. The Morgan fingerprint density at radius 3 is 2.89 bits per heavy atom. The lowest BCUT2D eigenvalue weighted by molar-refractivity contribution is 0.684. The minimum absolute atomic E-state index is 0.183. The smallest absolute Gasteiger partial charge is 0.232 e. The maximum atomic E-state index is 12.2. The summed E-state index contributed by atoms with van der Waals surface area (Å²) in [4.78, 5) is 3.92. The summed E-state index contributed by atoms with van der Waals surface area (Å²) >= 11 is 1.22. The second kappa shape index (κ2) is 4.15. The molecule has 3 N–H and O–H groups in total. The first kappa shape index (κ1) is 11.3. The van der Waals surface area contributed by atoms with Gasteiger partial charge in [0, 0.05) is 5.25 Å². The standard InChI is InChI=1S/C9H8N6OS2/c1-11-6-5(10)9(18(16)4-2-3-4)17-7(6)8-12-14-15-13-8/h4H,2-3,10H2,(H,12,13,14,15). The van der Waals surface area contributed by atoms with Gasteiger partial charge in [0.25, 0.3) is 0 Å². The Hall–Kier alpha value is -1.79. The third kappa shape index (κ3) is 1.70. The number of nitrogens with one attached hydrogen (secondary N) is 1. The number of H-pyrrole nitrogens is 1. The Kier molecular flexibility index (Phi) is 2.61. The molecular weight excluding hydrogens is 272 g/mol. The van der Waals surface area contributed by atoms with Crippen LogP contribution in [0.3, 0.4) is 0 Å². The second-order valence-electron chi connectivity index (χ2n) is 3.82. The minimum atomic E-state index is -1.12. The third-order valence-electron chi connectivity index (χ3n) is 2.55. The molecule has 1 saturated carbocycles. The lowest BCUT2D eigenvalue weighted by Gasteiger charge is -1.97. The number of aromatic nitrogens is 4. The van der Waals surface area contributed by atoms with Gasteiger partial charge in [-0.1, -0.05) is 0 Å². The zero-order valence-corrected chi connectivity index (χ0v) is 10.7. The quantitative estimate of drug-likeness (QED) is 0.826. The molecule has 7 nitrogen and oxygen atoms in total. The number of tetrazole rings is 1. The number of thiophene rings is 1. The summed E-state index contributed by atoms with van der Waals surface area (Å²) in [6.07, 6.45) is 1.91. The maximum absolute atomic E-state index is 12.2. The van der Waals surface area contributed by atoms with E-state index in [0.29, 0.717) is 20.6 Å². The predicted molar refractivity (Wildman–Crippen MR) is 67.6 cm³/mol. The van der Waals surface area contributed by atoms with E-state index in [1.165, 1.54) is 11.3 Å². The van der Waals surface area contributed by atoms with E-state index in [9.17, 15) is 4.21 Å². The van der Waals surface area contributed by atoms with Gasteiger partial charge in [0.2, 0.25) is 11.5 Å². The fourth-order valence-electron chi connectivity index (χ4n) is 1.52. The zero-order valence-electron chi connectivity index (χ0n) is 9.08. The summed E-state index contributed by atoms with van der Waals surface area (Å²) in [5.41, 5.74) is 6.47. The number of rotatable bonds is 3. The van der Waals surface area contributed by atoms with Crippen molar-refractivity contribution in [3.8, 4) is 10.7 Å². The summed E-state index contributed by atoms with van der Waals surface area (Å²) < 4.78 is 12.7. The van der Waals surface area contributed by atoms with Gasteiger partial charge in [-0.05, 0) is 18.1 Å². The van der Waals surface area contributed by atoms with Crippen LogP contribution in [0.1, 0.15) is 12.8 Å². The Morgan fingerprint density at radius 2 is 2.33 bits per heavy atom. The van der Waals surface area contributed by atoms with Gasteiger partial charge < -0.3 is 5.73 Å². The molecule has 1 unspecified atom stereocenters. The first-order valence-electron chi connectivity index (χ1n) is 5.16. The van der Waals surface area contributed by atoms with Crippen molar-refractivity contribution in [1.82, 2.24) is 20.6 Å². The first-order chi connectivity index (χ1) is 8.72. The zero-order chi connectivity index (χ0) is 12.7. The van der Waals surface area contributed by atoms with E-state index < -0.39 is 10.8 Å². The van der Waals surface area contributed by atoms with Crippen LogP contribution in [0.15, 0.2) is 4.21 Å². The molecule has 3 rings (SSSR count). The average molecular weight is 280 g/mol. The van der Waals surface area contributed by atoms with Gasteiger partial charge in [-0.3, -0.25) is 4.21 Å². The molecule has 1 atom stereocenters. The van der Waals surface area contributed by atoms with Crippen LogP contribution in [0, 0.1) is 6.57 Å². The highest BCUT2D eigenvalue weighted by Crippen LogP contribution is 2.47. The fraction of sp³-hybridized carbons (Fsp3) is 0.333. The number of nitrogens with two attached hydrogens (primary N) is 1. The number of hydrogen-bond donors (Lipinski definition) is 2. The van der Waals surface area contributed by atoms with Gasteiger partial charge >= 0.3 is 0 Å². The van der Waals surface area contributed by atoms with Gasteiger partial charge in [0.1, 0.15) is 4.21 Å². The van der Waals surface area contributed by atoms with Crippen LogP contribution in [0.2, 0.25) is 0 Å². The number of anilines is 1. The van der Waals surface area contributed by atoms with E-state index >= 15 is 0 Å². The molecule has 0 spiro atoms. The van der Waals surface area contributed by atoms with Crippen LogP contribution in [-0.4, -0.2) is 30.1 Å². The molecule has 1 aliphatic rings. The highest BCUT2D eigenvalue weighted by Gasteiger charge is 2.33. The van der Waals surface area contributed by atoms with Crippen molar-refractivity contribution >= 4 is 33.5 Å². The normalized spacial score (nSPS) is 16.4. The van der Waals surface area contributed by atoms with Gasteiger partial charge in [-0.15, -0.1) is 21.5 Å². The first-order valence-corrected chi connectivity index (χ1v) is 7.19. The van der Waals surface area contributed by atoms with Gasteiger partial charge in [0.05, 0.1) is 27.9 Å². The average Bonchev–Trinajstić information content (AvgIpc) is 2.97. The molecule has 92 valence electrons. The lowest BCUT2D eigenvalue weighted by Crippen LogP contribution is -1.98. The molecule has 0 aliphatic heterocycles. The lowest BCUT2D eigenvalue weighted by atomic mass is 10.3. The highest BCUT2D eigenvalue weighted by molar-refractivity contribution is 7.88. The van der Waals surface area contributed by atoms with E-state index in [4.69, 9.17) is 12.3 Å². The van der Waals surface area contributed by atoms with Gasteiger partial charge in [0.15, 0.2) is 0 Å². The Morgan fingerprint density at radius 1 is 1.56 bits per heavy atom. The Labute approximate surface area is 109 Å². The fourth-order valence-corrected chi connectivity index (χ4v) is 4.51. The minimum Gasteiger partial charge on any atom is -0.406 e. The molecular formula is C9H8N6OS2.